The molecule has 4 rings (SSSR count). The Balaban J connectivity index is 1.50. The Morgan fingerprint density at radius 2 is 1.93 bits per heavy atom. The zero-order chi connectivity index (χ0) is 21.1. The van der Waals surface area contributed by atoms with Crippen molar-refractivity contribution in [3.8, 4) is 0 Å². The van der Waals surface area contributed by atoms with Crippen LogP contribution in [0.1, 0.15) is 12.0 Å². The lowest BCUT2D eigenvalue weighted by Crippen LogP contribution is -2.43. The van der Waals surface area contributed by atoms with Crippen molar-refractivity contribution < 1.29 is 23.8 Å². The number of hydrogen-bond acceptors (Lipinski definition) is 6. The van der Waals surface area contributed by atoms with E-state index >= 15 is 0 Å². The normalized spacial score (nSPS) is 19.8. The number of halogens is 1. The molecule has 0 aromatic heterocycles. The molecule has 2 saturated heterocycles. The number of nitrogens with zero attached hydrogens (tertiary/aromatic N) is 1. The number of hydrogen-bond donors (Lipinski definition) is 2. The van der Waals surface area contributed by atoms with Gasteiger partial charge in [0, 0.05) is 10.9 Å². The van der Waals surface area contributed by atoms with Gasteiger partial charge in [-0.3, -0.25) is 9.69 Å². The summed E-state index contributed by atoms with van der Waals surface area (Å²) in [6.07, 6.45) is -0.384. The molecule has 0 radical (unpaired) electrons. The van der Waals surface area contributed by atoms with Crippen molar-refractivity contribution in [2.45, 2.75) is 24.9 Å². The average Bonchev–Trinajstić information content (AvgIpc) is 3.37. The third kappa shape index (κ3) is 4.43. The van der Waals surface area contributed by atoms with Crippen LogP contribution in [0.4, 0.5) is 16.2 Å². The van der Waals surface area contributed by atoms with Gasteiger partial charge in [-0.2, -0.15) is 0 Å². The second kappa shape index (κ2) is 8.63. The van der Waals surface area contributed by atoms with E-state index in [-0.39, 0.29) is 25.5 Å². The SMILES string of the molecule is Nc1ccc(Br)cc1NC(=O)[C@@H]1CC2(CN1C(=O)OCc1ccccc1)OCCO2. The number of rotatable bonds is 4. The summed E-state index contributed by atoms with van der Waals surface area (Å²) in [7, 11) is 0. The molecule has 0 bridgehead atoms. The van der Waals surface area contributed by atoms with Crippen molar-refractivity contribution in [1.29, 1.82) is 0 Å². The van der Waals surface area contributed by atoms with Crippen LogP contribution in [-0.2, 0) is 25.6 Å². The molecule has 2 aromatic carbocycles. The van der Waals surface area contributed by atoms with Crippen molar-refractivity contribution in [1.82, 2.24) is 4.90 Å². The summed E-state index contributed by atoms with van der Waals surface area (Å²) in [5.41, 5.74) is 7.71. The van der Waals surface area contributed by atoms with Gasteiger partial charge in [-0.05, 0) is 23.8 Å². The lowest BCUT2D eigenvalue weighted by atomic mass is 10.1. The van der Waals surface area contributed by atoms with Crippen LogP contribution in [0.3, 0.4) is 0 Å². The zero-order valence-electron chi connectivity index (χ0n) is 16.2. The van der Waals surface area contributed by atoms with Crippen molar-refractivity contribution in [3.63, 3.8) is 0 Å². The molecule has 2 heterocycles. The highest BCUT2D eigenvalue weighted by Gasteiger charge is 2.53. The molecule has 3 N–H and O–H groups in total. The molecule has 0 unspecified atom stereocenters. The minimum absolute atomic E-state index is 0.109. The van der Waals surface area contributed by atoms with E-state index in [9.17, 15) is 9.59 Å². The molecule has 1 spiro atoms. The molecule has 1 atom stereocenters. The largest absolute Gasteiger partial charge is 0.445 e. The molecule has 158 valence electrons. The maximum atomic E-state index is 13.1. The van der Waals surface area contributed by atoms with Crippen LogP contribution < -0.4 is 11.1 Å². The number of nitrogens with two attached hydrogens (primary N) is 1. The van der Waals surface area contributed by atoms with E-state index in [4.69, 9.17) is 19.9 Å². The van der Waals surface area contributed by atoms with Crippen LogP contribution in [-0.4, -0.2) is 48.5 Å². The number of carbonyl (C=O) groups excluding carboxylic acids is 2. The lowest BCUT2D eigenvalue weighted by Gasteiger charge is -2.23. The Bertz CT molecular complexity index is 933. The van der Waals surface area contributed by atoms with Gasteiger partial charge in [-0.25, -0.2) is 4.79 Å². The second-order valence-electron chi connectivity index (χ2n) is 7.22. The standard InChI is InChI=1S/C21H22BrN3O5/c22-15-6-7-16(23)17(10-15)24-19(26)18-11-21(29-8-9-30-21)13-25(18)20(27)28-12-14-4-2-1-3-5-14/h1-7,10,18H,8-9,11-13,23H2,(H,24,26)/t18-/m0/s1. The van der Waals surface area contributed by atoms with Gasteiger partial charge in [-0.15, -0.1) is 0 Å². The highest BCUT2D eigenvalue weighted by Crippen LogP contribution is 2.36. The molecule has 9 heteroatoms. The molecule has 2 fully saturated rings. The lowest BCUT2D eigenvalue weighted by molar-refractivity contribution is -0.145. The van der Waals surface area contributed by atoms with Gasteiger partial charge in [0.2, 0.25) is 5.91 Å². The topological polar surface area (TPSA) is 103 Å². The van der Waals surface area contributed by atoms with Crippen molar-refractivity contribution in [2.24, 2.45) is 0 Å². The first kappa shape index (κ1) is 20.6. The zero-order valence-corrected chi connectivity index (χ0v) is 17.8. The number of amides is 2. The molecule has 2 aromatic rings. The van der Waals surface area contributed by atoms with Gasteiger partial charge in [0.05, 0.1) is 31.1 Å². The first-order valence-corrected chi connectivity index (χ1v) is 10.4. The maximum absolute atomic E-state index is 13.1. The molecule has 2 aliphatic heterocycles. The van der Waals surface area contributed by atoms with E-state index in [0.717, 1.165) is 10.0 Å². The molecule has 0 aliphatic carbocycles. The van der Waals surface area contributed by atoms with Gasteiger partial charge in [0.25, 0.3) is 0 Å². The Labute approximate surface area is 182 Å². The predicted octanol–water partition coefficient (Wildman–Crippen LogP) is 3.12. The number of carbonyl (C=O) groups is 2. The van der Waals surface area contributed by atoms with Crippen molar-refractivity contribution in [3.05, 3.63) is 58.6 Å². The summed E-state index contributed by atoms with van der Waals surface area (Å²) in [5, 5.41) is 2.80. The van der Waals surface area contributed by atoms with E-state index < -0.39 is 17.9 Å². The van der Waals surface area contributed by atoms with Crippen LogP contribution in [0.25, 0.3) is 0 Å². The van der Waals surface area contributed by atoms with Crippen LogP contribution >= 0.6 is 15.9 Å². The number of likely N-dealkylation sites (tertiary alicyclic amines) is 1. The number of anilines is 2. The molecule has 30 heavy (non-hydrogen) atoms. The minimum atomic E-state index is -0.989. The van der Waals surface area contributed by atoms with E-state index in [1.165, 1.54) is 4.90 Å². The number of benzene rings is 2. The minimum Gasteiger partial charge on any atom is -0.445 e. The summed E-state index contributed by atoms with van der Waals surface area (Å²) in [6.45, 7) is 1.06. The van der Waals surface area contributed by atoms with Gasteiger partial charge >= 0.3 is 6.09 Å². The van der Waals surface area contributed by atoms with E-state index in [2.05, 4.69) is 21.2 Å². The summed E-state index contributed by atoms with van der Waals surface area (Å²) < 4.78 is 17.7. The van der Waals surface area contributed by atoms with Gasteiger partial charge in [0.1, 0.15) is 12.6 Å². The Kier molecular flexibility index (Phi) is 5.94. The highest BCUT2D eigenvalue weighted by atomic mass is 79.9. The number of nitrogen functional groups attached to an aromatic ring is 1. The first-order valence-electron chi connectivity index (χ1n) is 9.57. The fourth-order valence-corrected chi connectivity index (χ4v) is 3.99. The molecule has 0 saturated carbocycles. The van der Waals surface area contributed by atoms with Crippen molar-refractivity contribution in [2.75, 3.05) is 30.8 Å². The highest BCUT2D eigenvalue weighted by molar-refractivity contribution is 9.10. The molecular formula is C21H22BrN3O5. The summed E-state index contributed by atoms with van der Waals surface area (Å²) >= 11 is 3.36. The molecule has 2 aliphatic rings. The summed E-state index contributed by atoms with van der Waals surface area (Å²) in [4.78, 5) is 27.3. The van der Waals surface area contributed by atoms with E-state index in [1.807, 2.05) is 30.3 Å². The third-order valence-electron chi connectivity index (χ3n) is 5.12. The van der Waals surface area contributed by atoms with Crippen LogP contribution in [0.5, 0.6) is 0 Å². The molecule has 8 nitrogen and oxygen atoms in total. The van der Waals surface area contributed by atoms with Gasteiger partial charge < -0.3 is 25.3 Å². The van der Waals surface area contributed by atoms with Gasteiger partial charge in [-0.1, -0.05) is 46.3 Å². The summed E-state index contributed by atoms with van der Waals surface area (Å²) in [5.74, 6) is -1.37. The molecule has 2 amide bonds. The fraction of sp³-hybridized carbons (Fsp3) is 0.333. The Morgan fingerprint density at radius 3 is 2.67 bits per heavy atom. The predicted molar refractivity (Wildman–Crippen MR) is 114 cm³/mol. The Hall–Kier alpha value is -2.62. The molecular weight excluding hydrogens is 454 g/mol. The van der Waals surface area contributed by atoms with Crippen LogP contribution in [0, 0.1) is 0 Å². The fourth-order valence-electron chi connectivity index (χ4n) is 3.63. The number of nitrogens with one attached hydrogen (secondary N) is 1. The Morgan fingerprint density at radius 1 is 1.20 bits per heavy atom. The maximum Gasteiger partial charge on any atom is 0.410 e. The van der Waals surface area contributed by atoms with E-state index in [1.54, 1.807) is 18.2 Å². The first-order chi connectivity index (χ1) is 14.5. The third-order valence-corrected chi connectivity index (χ3v) is 5.61. The van der Waals surface area contributed by atoms with Crippen molar-refractivity contribution >= 4 is 39.3 Å². The quantitative estimate of drug-likeness (QED) is 0.658. The summed E-state index contributed by atoms with van der Waals surface area (Å²) in [6, 6.07) is 13.7. The van der Waals surface area contributed by atoms with Gasteiger partial charge in [0.15, 0.2) is 5.79 Å². The second-order valence-corrected chi connectivity index (χ2v) is 8.13. The monoisotopic (exact) mass is 475 g/mol. The van der Waals surface area contributed by atoms with Crippen LogP contribution in [0.15, 0.2) is 53.0 Å². The van der Waals surface area contributed by atoms with E-state index in [0.29, 0.717) is 24.6 Å². The smallest absolute Gasteiger partial charge is 0.410 e. The number of ether oxygens (including phenoxy) is 3. The average molecular weight is 476 g/mol. The van der Waals surface area contributed by atoms with Crippen LogP contribution in [0.2, 0.25) is 0 Å².